The molecule has 2 aromatic rings. The highest BCUT2D eigenvalue weighted by molar-refractivity contribution is 6.07. The molecule has 0 spiro atoms. The van der Waals surface area contributed by atoms with E-state index in [1.807, 2.05) is 56.6 Å². The molecule has 1 fully saturated rings. The molecule has 0 amide bonds. The highest BCUT2D eigenvalue weighted by Crippen LogP contribution is 2.32. The number of methoxy groups -OCH3 is 1. The number of morpholine rings is 1. The van der Waals surface area contributed by atoms with Crippen molar-refractivity contribution in [1.82, 2.24) is 4.90 Å². The van der Waals surface area contributed by atoms with Gasteiger partial charge in [-0.3, -0.25) is 9.69 Å². The number of carbonyl (C=O) groups is 1. The molecule has 1 heterocycles. The van der Waals surface area contributed by atoms with Gasteiger partial charge in [-0.1, -0.05) is 31.2 Å². The van der Waals surface area contributed by atoms with E-state index in [-0.39, 0.29) is 5.78 Å². The molecule has 0 N–H and O–H groups in total. The van der Waals surface area contributed by atoms with Crippen LogP contribution in [0.25, 0.3) is 0 Å². The van der Waals surface area contributed by atoms with Gasteiger partial charge in [-0.25, -0.2) is 0 Å². The molecular formula is C24H32N2O3. The first kappa shape index (κ1) is 21.3. The van der Waals surface area contributed by atoms with Gasteiger partial charge in [0, 0.05) is 24.3 Å². The van der Waals surface area contributed by atoms with E-state index in [1.165, 1.54) is 0 Å². The number of anilines is 1. The molecule has 1 aliphatic heterocycles. The molecule has 0 aromatic heterocycles. The summed E-state index contributed by atoms with van der Waals surface area (Å²) in [6, 6.07) is 16.0. The number of hydrogen-bond acceptors (Lipinski definition) is 5. The van der Waals surface area contributed by atoms with E-state index in [9.17, 15) is 4.79 Å². The minimum Gasteiger partial charge on any atom is -0.497 e. The molecule has 1 aliphatic rings. The van der Waals surface area contributed by atoms with Crippen LogP contribution in [-0.4, -0.2) is 63.7 Å². The molecule has 0 bridgehead atoms. The molecule has 0 aliphatic carbocycles. The van der Waals surface area contributed by atoms with E-state index < -0.39 is 5.54 Å². The highest BCUT2D eigenvalue weighted by atomic mass is 16.5. The molecule has 1 saturated heterocycles. The number of ketones is 1. The fourth-order valence-electron chi connectivity index (χ4n) is 4.12. The van der Waals surface area contributed by atoms with Crippen molar-refractivity contribution >= 4 is 11.5 Å². The van der Waals surface area contributed by atoms with Crippen LogP contribution >= 0.6 is 0 Å². The van der Waals surface area contributed by atoms with Gasteiger partial charge in [0.05, 0.1) is 25.9 Å². The molecule has 1 atom stereocenters. The largest absolute Gasteiger partial charge is 0.497 e. The van der Waals surface area contributed by atoms with Crippen molar-refractivity contribution in [3.05, 3.63) is 59.7 Å². The molecule has 0 radical (unpaired) electrons. The molecule has 5 heteroatoms. The summed E-state index contributed by atoms with van der Waals surface area (Å²) in [5, 5.41) is 0. The first-order chi connectivity index (χ1) is 14.0. The lowest BCUT2D eigenvalue weighted by Gasteiger charge is -2.39. The molecule has 1 unspecified atom stereocenters. The van der Waals surface area contributed by atoms with Crippen molar-refractivity contribution < 1.29 is 14.3 Å². The second-order valence-electron chi connectivity index (χ2n) is 7.75. The Bertz CT molecular complexity index is 813. The summed E-state index contributed by atoms with van der Waals surface area (Å²) in [6.45, 7) is 5.11. The van der Waals surface area contributed by atoms with Crippen LogP contribution in [0.4, 0.5) is 5.69 Å². The maximum absolute atomic E-state index is 14.0. The third-order valence-corrected chi connectivity index (χ3v) is 6.02. The molecular weight excluding hydrogens is 364 g/mol. The van der Waals surface area contributed by atoms with Crippen molar-refractivity contribution in [2.75, 3.05) is 52.4 Å². The van der Waals surface area contributed by atoms with E-state index in [2.05, 4.69) is 22.8 Å². The van der Waals surface area contributed by atoms with E-state index in [0.29, 0.717) is 19.6 Å². The fraction of sp³-hybridized carbons (Fsp3) is 0.458. The van der Waals surface area contributed by atoms with E-state index in [0.717, 1.165) is 42.1 Å². The zero-order valence-corrected chi connectivity index (χ0v) is 18.0. The number of rotatable bonds is 8. The summed E-state index contributed by atoms with van der Waals surface area (Å²) >= 11 is 0. The van der Waals surface area contributed by atoms with Crippen molar-refractivity contribution in [2.45, 2.75) is 25.3 Å². The average molecular weight is 397 g/mol. The molecule has 2 aromatic carbocycles. The van der Waals surface area contributed by atoms with Crippen LogP contribution in [0.5, 0.6) is 5.75 Å². The molecule has 0 saturated carbocycles. The standard InChI is InChI=1S/C24H32N2O3/c1-5-24(25(2)3,18-19-10-12-20(28-4)13-11-19)23(27)21-8-6-7-9-22(21)26-14-16-29-17-15-26/h6-13H,5,14-18H2,1-4H3. The Balaban J connectivity index is 1.97. The topological polar surface area (TPSA) is 42.0 Å². The SMILES string of the molecule is CCC(Cc1ccc(OC)cc1)(C(=O)c1ccccc1N1CCOCC1)N(C)C. The van der Waals surface area contributed by atoms with Crippen molar-refractivity contribution in [3.63, 3.8) is 0 Å². The fourth-order valence-corrected chi connectivity index (χ4v) is 4.12. The summed E-state index contributed by atoms with van der Waals surface area (Å²) in [4.78, 5) is 18.3. The summed E-state index contributed by atoms with van der Waals surface area (Å²) in [5.41, 5.74) is 2.31. The van der Waals surface area contributed by atoms with Gasteiger partial charge in [-0.05, 0) is 56.8 Å². The molecule has 3 rings (SSSR count). The molecule has 29 heavy (non-hydrogen) atoms. The minimum absolute atomic E-state index is 0.169. The van der Waals surface area contributed by atoms with Crippen LogP contribution in [0.2, 0.25) is 0 Å². The van der Waals surface area contributed by atoms with Gasteiger partial charge in [-0.2, -0.15) is 0 Å². The molecule has 5 nitrogen and oxygen atoms in total. The second kappa shape index (κ2) is 9.42. The van der Waals surface area contributed by atoms with Gasteiger partial charge in [-0.15, -0.1) is 0 Å². The summed E-state index contributed by atoms with van der Waals surface area (Å²) < 4.78 is 10.8. The predicted molar refractivity (Wildman–Crippen MR) is 117 cm³/mol. The Labute approximate surface area is 174 Å². The number of hydrogen-bond donors (Lipinski definition) is 0. The van der Waals surface area contributed by atoms with E-state index in [4.69, 9.17) is 9.47 Å². The van der Waals surface area contributed by atoms with Crippen molar-refractivity contribution in [2.24, 2.45) is 0 Å². The Hall–Kier alpha value is -2.37. The summed E-state index contributed by atoms with van der Waals surface area (Å²) in [6.07, 6.45) is 1.37. The summed E-state index contributed by atoms with van der Waals surface area (Å²) in [5.74, 6) is 0.993. The van der Waals surface area contributed by atoms with Crippen molar-refractivity contribution in [1.29, 1.82) is 0 Å². The van der Waals surface area contributed by atoms with Gasteiger partial charge >= 0.3 is 0 Å². The van der Waals surface area contributed by atoms with Gasteiger partial charge < -0.3 is 14.4 Å². The molecule has 156 valence electrons. The van der Waals surface area contributed by atoms with Crippen LogP contribution in [0, 0.1) is 0 Å². The number of nitrogens with zero attached hydrogens (tertiary/aromatic N) is 2. The highest BCUT2D eigenvalue weighted by Gasteiger charge is 2.40. The van der Waals surface area contributed by atoms with Gasteiger partial charge in [0.2, 0.25) is 0 Å². The maximum Gasteiger partial charge on any atom is 0.185 e. The number of Topliss-reactive ketones (excluding diaryl/α,β-unsaturated/α-hetero) is 1. The summed E-state index contributed by atoms with van der Waals surface area (Å²) in [7, 11) is 5.67. The number of para-hydroxylation sites is 1. The first-order valence-corrected chi connectivity index (χ1v) is 10.3. The van der Waals surface area contributed by atoms with Crippen LogP contribution in [0.3, 0.4) is 0 Å². The van der Waals surface area contributed by atoms with Crippen LogP contribution in [0.1, 0.15) is 29.3 Å². The zero-order chi connectivity index (χ0) is 20.9. The number of ether oxygens (including phenoxy) is 2. The third kappa shape index (κ3) is 4.46. The van der Waals surface area contributed by atoms with Crippen LogP contribution < -0.4 is 9.64 Å². The third-order valence-electron chi connectivity index (χ3n) is 6.02. The maximum atomic E-state index is 14.0. The smallest absolute Gasteiger partial charge is 0.185 e. The zero-order valence-electron chi connectivity index (χ0n) is 18.0. The lowest BCUT2D eigenvalue weighted by Crippen LogP contribution is -2.53. The van der Waals surface area contributed by atoms with Crippen LogP contribution in [0.15, 0.2) is 48.5 Å². The Morgan fingerprint density at radius 1 is 1.10 bits per heavy atom. The van der Waals surface area contributed by atoms with Gasteiger partial charge in [0.1, 0.15) is 5.75 Å². The lowest BCUT2D eigenvalue weighted by atomic mass is 9.79. The average Bonchev–Trinajstić information content (AvgIpc) is 2.78. The minimum atomic E-state index is -0.614. The van der Waals surface area contributed by atoms with Gasteiger partial charge in [0.15, 0.2) is 5.78 Å². The van der Waals surface area contributed by atoms with Crippen LogP contribution in [-0.2, 0) is 11.2 Å². The quantitative estimate of drug-likeness (QED) is 0.637. The monoisotopic (exact) mass is 396 g/mol. The first-order valence-electron chi connectivity index (χ1n) is 10.3. The van der Waals surface area contributed by atoms with E-state index >= 15 is 0 Å². The van der Waals surface area contributed by atoms with Gasteiger partial charge in [0.25, 0.3) is 0 Å². The second-order valence-corrected chi connectivity index (χ2v) is 7.75. The Kier molecular flexibility index (Phi) is 6.93. The normalized spacial score (nSPS) is 16.5. The number of likely N-dealkylation sites (N-methyl/N-ethyl adjacent to an activating group) is 1. The van der Waals surface area contributed by atoms with Crippen molar-refractivity contribution in [3.8, 4) is 5.75 Å². The number of benzene rings is 2. The Morgan fingerprint density at radius 2 is 1.76 bits per heavy atom. The predicted octanol–water partition coefficient (Wildman–Crippen LogP) is 3.67. The lowest BCUT2D eigenvalue weighted by molar-refractivity contribution is 0.0666. The van der Waals surface area contributed by atoms with E-state index in [1.54, 1.807) is 7.11 Å². The Morgan fingerprint density at radius 3 is 2.34 bits per heavy atom. The number of carbonyl (C=O) groups excluding carboxylic acids is 1.